The number of hydrogen-bond acceptors (Lipinski definition) is 3. The molecular formula is C11H10F2N2S. The van der Waals surface area contributed by atoms with E-state index in [-0.39, 0.29) is 0 Å². The first-order valence-electron chi connectivity index (χ1n) is 4.76. The first-order valence-corrected chi connectivity index (χ1v) is 5.58. The molecule has 0 aliphatic heterocycles. The van der Waals surface area contributed by atoms with Crippen LogP contribution in [-0.2, 0) is 13.0 Å². The molecule has 2 aromatic rings. The minimum atomic E-state index is -0.823. The Morgan fingerprint density at radius 1 is 1.25 bits per heavy atom. The van der Waals surface area contributed by atoms with Gasteiger partial charge < -0.3 is 5.73 Å². The molecule has 1 aromatic heterocycles. The average Bonchev–Trinajstić information content (AvgIpc) is 2.71. The van der Waals surface area contributed by atoms with Gasteiger partial charge in [-0.25, -0.2) is 13.8 Å². The molecule has 0 unspecified atom stereocenters. The fraction of sp³-hybridized carbons (Fsp3) is 0.182. The van der Waals surface area contributed by atoms with Gasteiger partial charge in [0.15, 0.2) is 11.6 Å². The van der Waals surface area contributed by atoms with Crippen LogP contribution in [0.15, 0.2) is 24.4 Å². The van der Waals surface area contributed by atoms with Crippen molar-refractivity contribution < 1.29 is 8.78 Å². The molecule has 2 N–H and O–H groups in total. The van der Waals surface area contributed by atoms with Crippen molar-refractivity contribution in [3.05, 3.63) is 51.5 Å². The van der Waals surface area contributed by atoms with E-state index in [0.29, 0.717) is 13.0 Å². The molecule has 0 spiro atoms. The third-order valence-corrected chi connectivity index (χ3v) is 3.16. The van der Waals surface area contributed by atoms with Crippen LogP contribution in [0.3, 0.4) is 0 Å². The molecule has 16 heavy (non-hydrogen) atoms. The molecule has 5 heteroatoms. The number of halogens is 2. The van der Waals surface area contributed by atoms with Gasteiger partial charge in [0.2, 0.25) is 0 Å². The minimum Gasteiger partial charge on any atom is -0.325 e. The standard InChI is InChI=1S/C11H10F2N2S/c12-9-2-1-7(4-10(9)13)3-8-6-15-11(5-14)16-8/h1-2,4,6H,3,5,14H2. The number of thiazole rings is 1. The number of aromatic nitrogens is 1. The quantitative estimate of drug-likeness (QED) is 0.895. The molecule has 0 aliphatic rings. The third kappa shape index (κ3) is 2.43. The summed E-state index contributed by atoms with van der Waals surface area (Å²) in [7, 11) is 0. The van der Waals surface area contributed by atoms with E-state index in [1.165, 1.54) is 17.4 Å². The van der Waals surface area contributed by atoms with Crippen molar-refractivity contribution in [1.82, 2.24) is 4.98 Å². The van der Waals surface area contributed by atoms with Crippen LogP contribution in [0.4, 0.5) is 8.78 Å². The largest absolute Gasteiger partial charge is 0.325 e. The van der Waals surface area contributed by atoms with Gasteiger partial charge in [0.25, 0.3) is 0 Å². The van der Waals surface area contributed by atoms with E-state index in [1.54, 1.807) is 12.3 Å². The van der Waals surface area contributed by atoms with Gasteiger partial charge in [0, 0.05) is 24.0 Å². The Bertz CT molecular complexity index is 496. The maximum absolute atomic E-state index is 12.9. The first-order chi connectivity index (χ1) is 7.69. The summed E-state index contributed by atoms with van der Waals surface area (Å²) in [5.41, 5.74) is 6.17. The van der Waals surface area contributed by atoms with Crippen LogP contribution in [0, 0.1) is 11.6 Å². The van der Waals surface area contributed by atoms with Gasteiger partial charge in [-0.05, 0) is 17.7 Å². The monoisotopic (exact) mass is 240 g/mol. The van der Waals surface area contributed by atoms with Crippen LogP contribution in [0.5, 0.6) is 0 Å². The van der Waals surface area contributed by atoms with E-state index >= 15 is 0 Å². The van der Waals surface area contributed by atoms with Crippen molar-refractivity contribution in [3.63, 3.8) is 0 Å². The predicted molar refractivity (Wildman–Crippen MR) is 59.2 cm³/mol. The first kappa shape index (κ1) is 11.2. The average molecular weight is 240 g/mol. The summed E-state index contributed by atoms with van der Waals surface area (Å²) in [6, 6.07) is 3.91. The van der Waals surface area contributed by atoms with Gasteiger partial charge in [-0.1, -0.05) is 6.07 Å². The zero-order valence-corrected chi connectivity index (χ0v) is 9.23. The summed E-state index contributed by atoms with van der Waals surface area (Å²) in [6.45, 7) is 0.405. The smallest absolute Gasteiger partial charge is 0.159 e. The van der Waals surface area contributed by atoms with E-state index in [2.05, 4.69) is 4.98 Å². The van der Waals surface area contributed by atoms with Crippen LogP contribution in [0.1, 0.15) is 15.4 Å². The Hall–Kier alpha value is -1.33. The zero-order valence-electron chi connectivity index (χ0n) is 8.41. The van der Waals surface area contributed by atoms with Crippen molar-refractivity contribution in [3.8, 4) is 0 Å². The summed E-state index contributed by atoms with van der Waals surface area (Å²) >= 11 is 1.49. The SMILES string of the molecule is NCc1ncc(Cc2ccc(F)c(F)c2)s1. The van der Waals surface area contributed by atoms with Crippen molar-refractivity contribution >= 4 is 11.3 Å². The molecule has 2 rings (SSSR count). The van der Waals surface area contributed by atoms with Crippen molar-refractivity contribution in [2.45, 2.75) is 13.0 Å². The Morgan fingerprint density at radius 2 is 2.06 bits per heavy atom. The molecule has 1 aromatic carbocycles. The highest BCUT2D eigenvalue weighted by molar-refractivity contribution is 7.11. The molecule has 0 bridgehead atoms. The maximum Gasteiger partial charge on any atom is 0.159 e. The Labute approximate surface area is 95.7 Å². The molecule has 0 saturated carbocycles. The molecule has 0 radical (unpaired) electrons. The van der Waals surface area contributed by atoms with Gasteiger partial charge in [0.05, 0.1) is 0 Å². The van der Waals surface area contributed by atoms with Crippen LogP contribution in [0.25, 0.3) is 0 Å². The minimum absolute atomic E-state index is 0.405. The maximum atomic E-state index is 12.9. The lowest BCUT2D eigenvalue weighted by Crippen LogP contribution is -1.93. The number of nitrogens with two attached hydrogens (primary N) is 1. The van der Waals surface area contributed by atoms with Crippen molar-refractivity contribution in [1.29, 1.82) is 0 Å². The topological polar surface area (TPSA) is 38.9 Å². The third-order valence-electron chi connectivity index (χ3n) is 2.14. The molecule has 1 heterocycles. The lowest BCUT2D eigenvalue weighted by atomic mass is 10.1. The van der Waals surface area contributed by atoms with Crippen molar-refractivity contribution in [2.24, 2.45) is 5.73 Å². The molecule has 0 saturated heterocycles. The van der Waals surface area contributed by atoms with E-state index < -0.39 is 11.6 Å². The van der Waals surface area contributed by atoms with Gasteiger partial charge in [-0.2, -0.15) is 0 Å². The molecule has 0 amide bonds. The van der Waals surface area contributed by atoms with Gasteiger partial charge in [0.1, 0.15) is 5.01 Å². The van der Waals surface area contributed by atoms with E-state index in [9.17, 15) is 8.78 Å². The highest BCUT2D eigenvalue weighted by Crippen LogP contribution is 2.18. The lowest BCUT2D eigenvalue weighted by Gasteiger charge is -1.99. The molecule has 0 atom stereocenters. The van der Waals surface area contributed by atoms with Crippen LogP contribution < -0.4 is 5.73 Å². The molecule has 2 nitrogen and oxygen atoms in total. The fourth-order valence-corrected chi connectivity index (χ4v) is 2.21. The Kier molecular flexibility index (Phi) is 3.26. The Balaban J connectivity index is 2.17. The summed E-state index contributed by atoms with van der Waals surface area (Å²) in [4.78, 5) is 5.09. The predicted octanol–water partition coefficient (Wildman–Crippen LogP) is 2.47. The van der Waals surface area contributed by atoms with Gasteiger partial charge in [-0.15, -0.1) is 11.3 Å². The van der Waals surface area contributed by atoms with Crippen molar-refractivity contribution in [2.75, 3.05) is 0 Å². The van der Waals surface area contributed by atoms with Gasteiger partial charge in [-0.3, -0.25) is 0 Å². The van der Waals surface area contributed by atoms with Gasteiger partial charge >= 0.3 is 0 Å². The summed E-state index contributed by atoms with van der Waals surface area (Å²) in [5, 5.41) is 0.845. The van der Waals surface area contributed by atoms with E-state index in [4.69, 9.17) is 5.73 Å². The summed E-state index contributed by atoms with van der Waals surface area (Å²) in [5.74, 6) is -1.64. The highest BCUT2D eigenvalue weighted by Gasteiger charge is 2.05. The number of hydrogen-bond donors (Lipinski definition) is 1. The molecule has 0 aliphatic carbocycles. The normalized spacial score (nSPS) is 10.7. The highest BCUT2D eigenvalue weighted by atomic mass is 32.1. The van der Waals surface area contributed by atoms with E-state index in [1.807, 2.05) is 0 Å². The fourth-order valence-electron chi connectivity index (χ4n) is 1.37. The number of rotatable bonds is 3. The second-order valence-corrected chi connectivity index (χ2v) is 4.55. The number of nitrogens with zero attached hydrogens (tertiary/aromatic N) is 1. The second-order valence-electron chi connectivity index (χ2n) is 3.35. The van der Waals surface area contributed by atoms with Crippen LogP contribution >= 0.6 is 11.3 Å². The molecule has 0 fully saturated rings. The van der Waals surface area contributed by atoms with E-state index in [0.717, 1.165) is 21.5 Å². The number of benzene rings is 1. The Morgan fingerprint density at radius 3 is 2.69 bits per heavy atom. The molecular weight excluding hydrogens is 230 g/mol. The lowest BCUT2D eigenvalue weighted by molar-refractivity contribution is 0.507. The van der Waals surface area contributed by atoms with Crippen LogP contribution in [-0.4, -0.2) is 4.98 Å². The molecule has 84 valence electrons. The second kappa shape index (κ2) is 4.67. The zero-order chi connectivity index (χ0) is 11.5. The van der Waals surface area contributed by atoms with Crippen LogP contribution in [0.2, 0.25) is 0 Å². The summed E-state index contributed by atoms with van der Waals surface area (Å²) in [6.07, 6.45) is 2.27. The summed E-state index contributed by atoms with van der Waals surface area (Å²) < 4.78 is 25.6.